The van der Waals surface area contributed by atoms with Gasteiger partial charge in [-0.15, -0.1) is 6.42 Å². The zero-order valence-electron chi connectivity index (χ0n) is 14.9. The predicted octanol–water partition coefficient (Wildman–Crippen LogP) is 5.04. The van der Waals surface area contributed by atoms with Gasteiger partial charge in [-0.05, 0) is 53.7 Å². The molecule has 0 bridgehead atoms. The number of alkyl halides is 2. The number of esters is 1. The van der Waals surface area contributed by atoms with E-state index in [-0.39, 0.29) is 19.1 Å². The fraction of sp³-hybridized carbons (Fsp3) is 0.550. The van der Waals surface area contributed by atoms with E-state index in [1.807, 2.05) is 0 Å². The Morgan fingerprint density at radius 1 is 1.38 bits per heavy atom. The normalized spacial score (nSPS) is 16.6. The SMILES string of the molecule is C#CCN(c1ccccc1Br)C(C1CCCCC1)C(F)(F)C(=O)OCC. The van der Waals surface area contributed by atoms with Crippen LogP contribution in [0.4, 0.5) is 14.5 Å². The number of rotatable bonds is 7. The van der Waals surface area contributed by atoms with Gasteiger partial charge in [0.2, 0.25) is 0 Å². The molecule has 1 aromatic carbocycles. The van der Waals surface area contributed by atoms with Crippen molar-refractivity contribution < 1.29 is 18.3 Å². The van der Waals surface area contributed by atoms with Crippen LogP contribution in [0.5, 0.6) is 0 Å². The maximum Gasteiger partial charge on any atom is 0.379 e. The van der Waals surface area contributed by atoms with Crippen molar-refractivity contribution in [3.63, 3.8) is 0 Å². The van der Waals surface area contributed by atoms with Crippen molar-refractivity contribution in [2.45, 2.75) is 51.0 Å². The van der Waals surface area contributed by atoms with Gasteiger partial charge in [0.1, 0.15) is 6.04 Å². The molecular weight excluding hydrogens is 404 g/mol. The van der Waals surface area contributed by atoms with Crippen molar-refractivity contribution in [3.8, 4) is 12.3 Å². The molecule has 1 aliphatic rings. The molecule has 0 aliphatic heterocycles. The van der Waals surface area contributed by atoms with E-state index in [4.69, 9.17) is 11.2 Å². The van der Waals surface area contributed by atoms with Crippen LogP contribution in [0.25, 0.3) is 0 Å². The number of carbonyl (C=O) groups excluding carboxylic acids is 1. The Morgan fingerprint density at radius 2 is 2.04 bits per heavy atom. The molecule has 0 amide bonds. The fourth-order valence-electron chi connectivity index (χ4n) is 3.66. The Balaban J connectivity index is 2.50. The van der Waals surface area contributed by atoms with Crippen molar-refractivity contribution in [1.29, 1.82) is 0 Å². The third kappa shape index (κ3) is 4.56. The molecule has 1 aromatic rings. The molecule has 1 atom stereocenters. The van der Waals surface area contributed by atoms with Crippen molar-refractivity contribution in [2.24, 2.45) is 5.92 Å². The Hall–Kier alpha value is -1.61. The van der Waals surface area contributed by atoms with Crippen molar-refractivity contribution in [1.82, 2.24) is 0 Å². The van der Waals surface area contributed by atoms with Crippen molar-refractivity contribution in [2.75, 3.05) is 18.1 Å². The van der Waals surface area contributed by atoms with Crippen LogP contribution in [0.3, 0.4) is 0 Å². The molecule has 0 heterocycles. The molecule has 1 saturated carbocycles. The number of hydrogen-bond acceptors (Lipinski definition) is 3. The second-order valence-electron chi connectivity index (χ2n) is 6.47. The molecular formula is C20H24BrF2NO2. The van der Waals surface area contributed by atoms with Crippen LogP contribution in [0.1, 0.15) is 39.0 Å². The van der Waals surface area contributed by atoms with Gasteiger partial charge in [-0.25, -0.2) is 4.79 Å². The first-order chi connectivity index (χ1) is 12.4. The van der Waals surface area contributed by atoms with Crippen LogP contribution >= 0.6 is 15.9 Å². The average molecular weight is 428 g/mol. The quantitative estimate of drug-likeness (QED) is 0.451. The average Bonchev–Trinajstić information content (AvgIpc) is 2.63. The zero-order chi connectivity index (χ0) is 19.2. The van der Waals surface area contributed by atoms with Gasteiger partial charge in [-0.2, -0.15) is 8.78 Å². The lowest BCUT2D eigenvalue weighted by atomic mass is 9.80. The highest BCUT2D eigenvalue weighted by atomic mass is 79.9. The summed E-state index contributed by atoms with van der Waals surface area (Å²) in [6.45, 7) is 1.42. The molecule has 0 radical (unpaired) electrons. The van der Waals surface area contributed by atoms with E-state index in [0.29, 0.717) is 23.0 Å². The summed E-state index contributed by atoms with van der Waals surface area (Å²) in [7, 11) is 0. The van der Waals surface area contributed by atoms with Gasteiger partial charge in [0.15, 0.2) is 0 Å². The van der Waals surface area contributed by atoms with Crippen LogP contribution in [0, 0.1) is 18.3 Å². The summed E-state index contributed by atoms with van der Waals surface area (Å²) in [5.74, 6) is -2.98. The molecule has 1 aliphatic carbocycles. The van der Waals surface area contributed by atoms with E-state index < -0.39 is 17.9 Å². The minimum Gasteiger partial charge on any atom is -0.461 e. The minimum atomic E-state index is -3.65. The highest BCUT2D eigenvalue weighted by Gasteiger charge is 2.54. The van der Waals surface area contributed by atoms with Gasteiger partial charge in [-0.1, -0.05) is 37.3 Å². The van der Waals surface area contributed by atoms with E-state index in [9.17, 15) is 4.79 Å². The highest BCUT2D eigenvalue weighted by Crippen LogP contribution is 2.41. The zero-order valence-corrected chi connectivity index (χ0v) is 16.5. The van der Waals surface area contributed by atoms with E-state index in [1.165, 1.54) is 11.8 Å². The standard InChI is InChI=1S/C20H24BrF2NO2/c1-3-14-24(17-13-9-8-12-16(17)21)18(15-10-6-5-7-11-15)20(22,23)19(25)26-4-2/h1,8-9,12-13,15,18H,4-7,10-11,14H2,2H3. The molecule has 1 unspecified atom stereocenters. The monoisotopic (exact) mass is 427 g/mol. The second-order valence-corrected chi connectivity index (χ2v) is 7.32. The smallest absolute Gasteiger partial charge is 0.379 e. The number of hydrogen-bond donors (Lipinski definition) is 0. The first-order valence-electron chi connectivity index (χ1n) is 8.93. The van der Waals surface area contributed by atoms with Gasteiger partial charge in [0.05, 0.1) is 18.8 Å². The maximum atomic E-state index is 15.2. The molecule has 26 heavy (non-hydrogen) atoms. The van der Waals surface area contributed by atoms with Gasteiger partial charge in [0, 0.05) is 4.47 Å². The van der Waals surface area contributed by atoms with Crippen molar-refractivity contribution >= 4 is 27.6 Å². The lowest BCUT2D eigenvalue weighted by Gasteiger charge is -2.42. The number of para-hydroxylation sites is 1. The number of nitrogens with zero attached hydrogens (tertiary/aromatic N) is 1. The Bertz CT molecular complexity index is 653. The van der Waals surface area contributed by atoms with Crippen LogP contribution < -0.4 is 4.90 Å². The molecule has 0 N–H and O–H groups in total. The number of anilines is 1. The lowest BCUT2D eigenvalue weighted by Crippen LogP contribution is -2.57. The molecule has 0 spiro atoms. The number of benzene rings is 1. The topological polar surface area (TPSA) is 29.5 Å². The molecule has 0 aromatic heterocycles. The summed E-state index contributed by atoms with van der Waals surface area (Å²) < 4.78 is 35.8. The molecule has 142 valence electrons. The summed E-state index contributed by atoms with van der Waals surface area (Å²) in [6.07, 6.45) is 9.56. The summed E-state index contributed by atoms with van der Waals surface area (Å²) in [6, 6.07) is 5.75. The Labute approximate surface area is 162 Å². The van der Waals surface area contributed by atoms with Crippen LogP contribution in [0.15, 0.2) is 28.7 Å². The predicted molar refractivity (Wildman–Crippen MR) is 102 cm³/mol. The number of halogens is 3. The molecule has 0 saturated heterocycles. The van der Waals surface area contributed by atoms with E-state index >= 15 is 8.78 Å². The van der Waals surface area contributed by atoms with Gasteiger partial charge < -0.3 is 9.64 Å². The van der Waals surface area contributed by atoms with Crippen LogP contribution in [-0.2, 0) is 9.53 Å². The summed E-state index contributed by atoms with van der Waals surface area (Å²) >= 11 is 3.42. The Kier molecular flexibility index (Phi) is 7.45. The summed E-state index contributed by atoms with van der Waals surface area (Å²) in [5.41, 5.74) is 0.560. The van der Waals surface area contributed by atoms with Crippen LogP contribution in [-0.4, -0.2) is 31.1 Å². The largest absolute Gasteiger partial charge is 0.461 e. The lowest BCUT2D eigenvalue weighted by molar-refractivity contribution is -0.177. The van der Waals surface area contributed by atoms with E-state index in [1.54, 1.807) is 24.3 Å². The van der Waals surface area contributed by atoms with E-state index in [0.717, 1.165) is 19.3 Å². The molecule has 1 fully saturated rings. The summed E-state index contributed by atoms with van der Waals surface area (Å²) in [5, 5.41) is 0. The number of ether oxygens (including phenoxy) is 1. The number of carbonyl (C=O) groups is 1. The molecule has 3 nitrogen and oxygen atoms in total. The third-order valence-corrected chi connectivity index (χ3v) is 5.45. The van der Waals surface area contributed by atoms with Crippen molar-refractivity contribution in [3.05, 3.63) is 28.7 Å². The first kappa shape index (κ1) is 20.7. The van der Waals surface area contributed by atoms with Gasteiger partial charge >= 0.3 is 11.9 Å². The second kappa shape index (κ2) is 9.36. The molecule has 6 heteroatoms. The molecule has 2 rings (SSSR count). The fourth-order valence-corrected chi connectivity index (χ4v) is 4.17. The van der Waals surface area contributed by atoms with Gasteiger partial charge in [0.25, 0.3) is 0 Å². The van der Waals surface area contributed by atoms with Gasteiger partial charge in [-0.3, -0.25) is 0 Å². The number of terminal acetylenes is 1. The maximum absolute atomic E-state index is 15.2. The van der Waals surface area contributed by atoms with E-state index in [2.05, 4.69) is 21.9 Å². The highest BCUT2D eigenvalue weighted by molar-refractivity contribution is 9.10. The minimum absolute atomic E-state index is 0.0151. The summed E-state index contributed by atoms with van der Waals surface area (Å²) in [4.78, 5) is 13.6. The first-order valence-corrected chi connectivity index (χ1v) is 9.72. The van der Waals surface area contributed by atoms with Crippen LogP contribution in [0.2, 0.25) is 0 Å². The Morgan fingerprint density at radius 3 is 2.62 bits per heavy atom. The third-order valence-electron chi connectivity index (χ3n) is 4.77.